The number of β-amino-alcohol motifs (C(OH)–C–C–N with tert-alkyl or cyclic N) is 1. The molecule has 1 aromatic rings. The molecular formula is C15H24N2O. The molecular weight excluding hydrogens is 224 g/mol. The summed E-state index contributed by atoms with van der Waals surface area (Å²) in [6, 6.07) is 10.7. The predicted molar refractivity (Wildman–Crippen MR) is 74.5 cm³/mol. The Bertz CT molecular complexity index is 345. The largest absolute Gasteiger partial charge is 0.395 e. The van der Waals surface area contributed by atoms with Gasteiger partial charge in [0.2, 0.25) is 0 Å². The van der Waals surface area contributed by atoms with Gasteiger partial charge in [0.25, 0.3) is 0 Å². The minimum Gasteiger partial charge on any atom is -0.395 e. The number of benzene rings is 1. The van der Waals surface area contributed by atoms with Crippen LogP contribution in [0.4, 0.5) is 0 Å². The van der Waals surface area contributed by atoms with Crippen molar-refractivity contribution in [3.05, 3.63) is 35.9 Å². The zero-order chi connectivity index (χ0) is 12.8. The first-order chi connectivity index (χ1) is 8.79. The van der Waals surface area contributed by atoms with Gasteiger partial charge in [0, 0.05) is 18.6 Å². The molecule has 0 aromatic heterocycles. The Kier molecular flexibility index (Phi) is 4.75. The van der Waals surface area contributed by atoms with Crippen LogP contribution in [-0.2, 0) is 0 Å². The fraction of sp³-hybridized carbons (Fsp3) is 0.600. The molecule has 1 saturated carbocycles. The van der Waals surface area contributed by atoms with Crippen LogP contribution in [0.25, 0.3) is 0 Å². The standard InChI is InChI=1S/C15H24N2O/c16-12-15(17-10-11-18)8-6-14(7-9-15)13-4-2-1-3-5-13/h1-5,14,17-18H,6-12,16H2. The van der Waals surface area contributed by atoms with E-state index in [2.05, 4.69) is 35.6 Å². The molecule has 0 bridgehead atoms. The summed E-state index contributed by atoms with van der Waals surface area (Å²) in [6.45, 7) is 1.49. The fourth-order valence-corrected chi connectivity index (χ4v) is 3.00. The number of nitrogens with one attached hydrogen (secondary N) is 1. The van der Waals surface area contributed by atoms with E-state index in [0.717, 1.165) is 12.8 Å². The molecule has 0 aliphatic heterocycles. The smallest absolute Gasteiger partial charge is 0.0556 e. The van der Waals surface area contributed by atoms with Crippen LogP contribution in [0, 0.1) is 0 Å². The highest BCUT2D eigenvalue weighted by atomic mass is 16.3. The molecule has 3 nitrogen and oxygen atoms in total. The summed E-state index contributed by atoms with van der Waals surface area (Å²) in [5.41, 5.74) is 7.42. The summed E-state index contributed by atoms with van der Waals surface area (Å²) in [5, 5.41) is 12.4. The van der Waals surface area contributed by atoms with Crippen LogP contribution in [0.2, 0.25) is 0 Å². The van der Waals surface area contributed by atoms with E-state index in [1.807, 2.05) is 0 Å². The van der Waals surface area contributed by atoms with Crippen molar-refractivity contribution < 1.29 is 5.11 Å². The summed E-state index contributed by atoms with van der Waals surface area (Å²) in [7, 11) is 0. The van der Waals surface area contributed by atoms with E-state index in [0.29, 0.717) is 19.0 Å². The molecule has 2 rings (SSSR count). The molecule has 0 radical (unpaired) electrons. The van der Waals surface area contributed by atoms with Crippen molar-refractivity contribution >= 4 is 0 Å². The van der Waals surface area contributed by atoms with E-state index < -0.39 is 0 Å². The topological polar surface area (TPSA) is 58.3 Å². The number of nitrogens with two attached hydrogens (primary N) is 1. The molecule has 1 aromatic carbocycles. The molecule has 0 amide bonds. The van der Waals surface area contributed by atoms with Crippen LogP contribution in [-0.4, -0.2) is 30.3 Å². The van der Waals surface area contributed by atoms with Crippen molar-refractivity contribution in [3.63, 3.8) is 0 Å². The third-order valence-electron chi connectivity index (χ3n) is 4.22. The Morgan fingerprint density at radius 2 is 1.89 bits per heavy atom. The molecule has 3 heteroatoms. The highest BCUT2D eigenvalue weighted by Gasteiger charge is 2.33. The fourth-order valence-electron chi connectivity index (χ4n) is 3.00. The number of aliphatic hydroxyl groups is 1. The van der Waals surface area contributed by atoms with Gasteiger partial charge in [-0.15, -0.1) is 0 Å². The summed E-state index contributed by atoms with van der Waals surface area (Å²) in [4.78, 5) is 0. The number of rotatable bonds is 5. The van der Waals surface area contributed by atoms with Crippen molar-refractivity contribution in [2.45, 2.75) is 37.1 Å². The Morgan fingerprint density at radius 3 is 2.44 bits per heavy atom. The van der Waals surface area contributed by atoms with E-state index in [9.17, 15) is 0 Å². The summed E-state index contributed by atoms with van der Waals surface area (Å²) >= 11 is 0. The molecule has 0 unspecified atom stereocenters. The van der Waals surface area contributed by atoms with E-state index in [-0.39, 0.29) is 12.1 Å². The van der Waals surface area contributed by atoms with Gasteiger partial charge in [-0.1, -0.05) is 30.3 Å². The first-order valence-corrected chi connectivity index (χ1v) is 6.90. The van der Waals surface area contributed by atoms with Gasteiger partial charge in [-0.05, 0) is 37.2 Å². The Balaban J connectivity index is 1.94. The molecule has 18 heavy (non-hydrogen) atoms. The van der Waals surface area contributed by atoms with Crippen LogP contribution in [0.1, 0.15) is 37.2 Å². The highest BCUT2D eigenvalue weighted by molar-refractivity contribution is 5.20. The van der Waals surface area contributed by atoms with E-state index in [4.69, 9.17) is 10.8 Å². The second-order valence-electron chi connectivity index (χ2n) is 5.32. The van der Waals surface area contributed by atoms with Crippen LogP contribution < -0.4 is 11.1 Å². The summed E-state index contributed by atoms with van der Waals surface area (Å²) in [5.74, 6) is 0.668. The van der Waals surface area contributed by atoms with Gasteiger partial charge >= 0.3 is 0 Å². The van der Waals surface area contributed by atoms with Crippen molar-refractivity contribution in [2.75, 3.05) is 19.7 Å². The molecule has 1 fully saturated rings. The zero-order valence-electron chi connectivity index (χ0n) is 10.9. The van der Waals surface area contributed by atoms with E-state index >= 15 is 0 Å². The third-order valence-corrected chi connectivity index (χ3v) is 4.22. The number of hydrogen-bond donors (Lipinski definition) is 3. The molecule has 4 N–H and O–H groups in total. The van der Waals surface area contributed by atoms with Crippen LogP contribution in [0.5, 0.6) is 0 Å². The van der Waals surface area contributed by atoms with Crippen molar-refractivity contribution in [2.24, 2.45) is 5.73 Å². The monoisotopic (exact) mass is 248 g/mol. The predicted octanol–water partition coefficient (Wildman–Crippen LogP) is 1.62. The lowest BCUT2D eigenvalue weighted by Gasteiger charge is -2.40. The van der Waals surface area contributed by atoms with Crippen molar-refractivity contribution in [3.8, 4) is 0 Å². The van der Waals surface area contributed by atoms with Gasteiger partial charge in [-0.3, -0.25) is 0 Å². The summed E-state index contributed by atoms with van der Waals surface area (Å²) in [6.07, 6.45) is 4.56. The van der Waals surface area contributed by atoms with Crippen LogP contribution in [0.3, 0.4) is 0 Å². The van der Waals surface area contributed by atoms with Crippen molar-refractivity contribution in [1.29, 1.82) is 0 Å². The SMILES string of the molecule is NCC1(NCCO)CCC(c2ccccc2)CC1. The Hall–Kier alpha value is -0.900. The first kappa shape index (κ1) is 13.5. The van der Waals surface area contributed by atoms with Gasteiger partial charge in [-0.2, -0.15) is 0 Å². The Labute approximate surface area is 109 Å². The molecule has 100 valence electrons. The maximum Gasteiger partial charge on any atom is 0.0556 e. The van der Waals surface area contributed by atoms with Crippen molar-refractivity contribution in [1.82, 2.24) is 5.32 Å². The molecule has 0 spiro atoms. The molecule has 0 saturated heterocycles. The van der Waals surface area contributed by atoms with Gasteiger partial charge in [-0.25, -0.2) is 0 Å². The second kappa shape index (κ2) is 6.32. The molecule has 0 heterocycles. The van der Waals surface area contributed by atoms with Gasteiger partial charge in [0.15, 0.2) is 0 Å². The Morgan fingerprint density at radius 1 is 1.22 bits per heavy atom. The van der Waals surface area contributed by atoms with Gasteiger partial charge in [0.05, 0.1) is 6.61 Å². The average molecular weight is 248 g/mol. The highest BCUT2D eigenvalue weighted by Crippen LogP contribution is 2.37. The lowest BCUT2D eigenvalue weighted by molar-refractivity contribution is 0.198. The summed E-state index contributed by atoms with van der Waals surface area (Å²) < 4.78 is 0. The van der Waals surface area contributed by atoms with E-state index in [1.54, 1.807) is 0 Å². The molecule has 0 atom stereocenters. The molecule has 1 aliphatic rings. The van der Waals surface area contributed by atoms with E-state index in [1.165, 1.54) is 18.4 Å². The quantitative estimate of drug-likeness (QED) is 0.742. The lowest BCUT2D eigenvalue weighted by atomic mass is 9.74. The number of aliphatic hydroxyl groups excluding tert-OH is 1. The van der Waals surface area contributed by atoms with Crippen LogP contribution >= 0.6 is 0 Å². The normalized spacial score (nSPS) is 28.2. The van der Waals surface area contributed by atoms with Crippen LogP contribution in [0.15, 0.2) is 30.3 Å². The maximum absolute atomic E-state index is 8.93. The number of hydrogen-bond acceptors (Lipinski definition) is 3. The minimum atomic E-state index is 0.0496. The minimum absolute atomic E-state index is 0.0496. The van der Waals surface area contributed by atoms with Gasteiger partial charge in [0.1, 0.15) is 0 Å². The average Bonchev–Trinajstić information content (AvgIpc) is 2.47. The zero-order valence-corrected chi connectivity index (χ0v) is 10.9. The molecule has 1 aliphatic carbocycles. The van der Waals surface area contributed by atoms with Gasteiger partial charge < -0.3 is 16.2 Å². The third kappa shape index (κ3) is 3.10. The maximum atomic E-state index is 8.93. The lowest BCUT2D eigenvalue weighted by Crippen LogP contribution is -2.53. The second-order valence-corrected chi connectivity index (χ2v) is 5.32. The first-order valence-electron chi connectivity index (χ1n) is 6.90.